The van der Waals surface area contributed by atoms with Crippen LogP contribution in [0.25, 0.3) is 0 Å². The Hall–Kier alpha value is -0.820. The van der Waals surface area contributed by atoms with Gasteiger partial charge in [-0.1, -0.05) is 63.4 Å². The molecule has 0 saturated heterocycles. The summed E-state index contributed by atoms with van der Waals surface area (Å²) in [6.07, 6.45) is 3.70. The summed E-state index contributed by atoms with van der Waals surface area (Å²) < 4.78 is 0. The van der Waals surface area contributed by atoms with Crippen molar-refractivity contribution in [2.24, 2.45) is 5.92 Å². The molecule has 0 saturated carbocycles. The molecule has 96 valence electrons. The molecule has 1 atom stereocenters. The van der Waals surface area contributed by atoms with Gasteiger partial charge in [-0.15, -0.1) is 0 Å². The third-order valence-electron chi connectivity index (χ3n) is 3.66. The second-order valence-electron chi connectivity index (χ2n) is 4.97. The molecule has 17 heavy (non-hydrogen) atoms. The van der Waals surface area contributed by atoms with Gasteiger partial charge in [-0.25, -0.2) is 0 Å². The van der Waals surface area contributed by atoms with Gasteiger partial charge in [-0.3, -0.25) is 0 Å². The van der Waals surface area contributed by atoms with E-state index in [0.29, 0.717) is 6.04 Å². The zero-order valence-electron chi connectivity index (χ0n) is 11.8. The Labute approximate surface area is 107 Å². The quantitative estimate of drug-likeness (QED) is 0.732. The predicted octanol–water partition coefficient (Wildman–Crippen LogP) is 4.47. The van der Waals surface area contributed by atoms with Crippen molar-refractivity contribution < 1.29 is 0 Å². The van der Waals surface area contributed by atoms with Crippen LogP contribution in [0, 0.1) is 12.8 Å². The molecule has 0 amide bonds. The number of hydrogen-bond acceptors (Lipinski definition) is 1. The maximum atomic E-state index is 3.71. The molecule has 1 rings (SSSR count). The highest BCUT2D eigenvalue weighted by Crippen LogP contribution is 2.18. The van der Waals surface area contributed by atoms with Crippen LogP contribution >= 0.6 is 0 Å². The van der Waals surface area contributed by atoms with Crippen LogP contribution in [0.15, 0.2) is 24.3 Å². The van der Waals surface area contributed by atoms with Crippen molar-refractivity contribution in [1.82, 2.24) is 5.32 Å². The van der Waals surface area contributed by atoms with Crippen molar-refractivity contribution in [2.45, 2.75) is 53.0 Å². The van der Waals surface area contributed by atoms with Crippen LogP contribution in [0.3, 0.4) is 0 Å². The van der Waals surface area contributed by atoms with Crippen molar-refractivity contribution >= 4 is 0 Å². The Morgan fingerprint density at radius 1 is 1.06 bits per heavy atom. The molecule has 0 bridgehead atoms. The molecular formula is C16H27N. The van der Waals surface area contributed by atoms with E-state index in [0.717, 1.165) is 18.9 Å². The van der Waals surface area contributed by atoms with Crippen LogP contribution in [0.2, 0.25) is 0 Å². The smallest absolute Gasteiger partial charge is 0.0317 e. The maximum Gasteiger partial charge on any atom is 0.0317 e. The number of rotatable bonds is 7. The van der Waals surface area contributed by atoms with Gasteiger partial charge < -0.3 is 5.32 Å². The van der Waals surface area contributed by atoms with Crippen molar-refractivity contribution in [3.05, 3.63) is 35.4 Å². The average Bonchev–Trinajstić information content (AvgIpc) is 2.35. The Morgan fingerprint density at radius 2 is 1.76 bits per heavy atom. The largest absolute Gasteiger partial charge is 0.310 e. The third-order valence-corrected chi connectivity index (χ3v) is 3.66. The van der Waals surface area contributed by atoms with Gasteiger partial charge in [0.25, 0.3) is 0 Å². The summed E-state index contributed by atoms with van der Waals surface area (Å²) in [7, 11) is 0. The minimum absolute atomic E-state index is 0.510. The Morgan fingerprint density at radius 3 is 2.29 bits per heavy atom. The first-order valence-electron chi connectivity index (χ1n) is 7.01. The molecule has 0 radical (unpaired) electrons. The second kappa shape index (κ2) is 7.50. The molecule has 0 aromatic heterocycles. The second-order valence-corrected chi connectivity index (χ2v) is 4.97. The van der Waals surface area contributed by atoms with Gasteiger partial charge in [0.2, 0.25) is 0 Å². The highest BCUT2D eigenvalue weighted by Gasteiger charge is 2.11. The molecule has 1 N–H and O–H groups in total. The molecule has 0 aliphatic heterocycles. The van der Waals surface area contributed by atoms with Crippen molar-refractivity contribution in [3.8, 4) is 0 Å². The lowest BCUT2D eigenvalue weighted by molar-refractivity contribution is 0.406. The van der Waals surface area contributed by atoms with E-state index in [9.17, 15) is 0 Å². The zero-order chi connectivity index (χ0) is 12.7. The average molecular weight is 233 g/mol. The van der Waals surface area contributed by atoms with Crippen LogP contribution in [0.5, 0.6) is 0 Å². The SMILES string of the molecule is CCC(CC)CNC(CC)c1cccc(C)c1. The van der Waals surface area contributed by atoms with Gasteiger partial charge in [0, 0.05) is 6.04 Å². The fraction of sp³-hybridized carbons (Fsp3) is 0.625. The molecule has 1 nitrogen and oxygen atoms in total. The summed E-state index contributed by atoms with van der Waals surface area (Å²) in [5.74, 6) is 0.814. The number of nitrogens with one attached hydrogen (secondary N) is 1. The van der Waals surface area contributed by atoms with Crippen LogP contribution in [0.1, 0.15) is 57.2 Å². The molecular weight excluding hydrogens is 206 g/mol. The summed E-state index contributed by atoms with van der Waals surface area (Å²) in [6.45, 7) is 10.1. The molecule has 1 aromatic carbocycles. The fourth-order valence-corrected chi connectivity index (χ4v) is 2.27. The summed E-state index contributed by atoms with van der Waals surface area (Å²) in [4.78, 5) is 0. The van der Waals surface area contributed by atoms with E-state index >= 15 is 0 Å². The molecule has 0 fully saturated rings. The maximum absolute atomic E-state index is 3.71. The lowest BCUT2D eigenvalue weighted by Crippen LogP contribution is -2.26. The monoisotopic (exact) mass is 233 g/mol. The van der Waals surface area contributed by atoms with Gasteiger partial charge in [0.05, 0.1) is 0 Å². The third kappa shape index (κ3) is 4.51. The molecule has 0 aliphatic rings. The minimum Gasteiger partial charge on any atom is -0.310 e. The van der Waals surface area contributed by atoms with Crippen molar-refractivity contribution in [1.29, 1.82) is 0 Å². The van der Waals surface area contributed by atoms with Crippen LogP contribution < -0.4 is 5.32 Å². The minimum atomic E-state index is 0.510. The molecule has 1 aromatic rings. The number of benzene rings is 1. The molecule has 0 spiro atoms. The zero-order valence-corrected chi connectivity index (χ0v) is 11.8. The van der Waals surface area contributed by atoms with Crippen LogP contribution in [0.4, 0.5) is 0 Å². The van der Waals surface area contributed by atoms with Gasteiger partial charge in [0.1, 0.15) is 0 Å². The first-order chi connectivity index (χ1) is 8.21. The van der Waals surface area contributed by atoms with E-state index < -0.39 is 0 Å². The van der Waals surface area contributed by atoms with E-state index in [1.165, 1.54) is 24.0 Å². The fourth-order valence-electron chi connectivity index (χ4n) is 2.27. The highest BCUT2D eigenvalue weighted by molar-refractivity contribution is 5.24. The van der Waals surface area contributed by atoms with E-state index in [2.05, 4.69) is 57.3 Å². The summed E-state index contributed by atoms with van der Waals surface area (Å²) in [5.41, 5.74) is 2.78. The van der Waals surface area contributed by atoms with E-state index in [1.807, 2.05) is 0 Å². The summed E-state index contributed by atoms with van der Waals surface area (Å²) >= 11 is 0. The van der Waals surface area contributed by atoms with Gasteiger partial charge in [-0.2, -0.15) is 0 Å². The van der Waals surface area contributed by atoms with Gasteiger partial charge in [-0.05, 0) is 31.4 Å². The normalized spacial score (nSPS) is 13.0. The summed E-state index contributed by atoms with van der Waals surface area (Å²) in [6, 6.07) is 9.37. The first-order valence-corrected chi connectivity index (χ1v) is 7.01. The van der Waals surface area contributed by atoms with Crippen molar-refractivity contribution in [3.63, 3.8) is 0 Å². The van der Waals surface area contributed by atoms with Crippen LogP contribution in [-0.4, -0.2) is 6.54 Å². The van der Waals surface area contributed by atoms with Gasteiger partial charge in [0.15, 0.2) is 0 Å². The first kappa shape index (κ1) is 14.2. The Balaban J connectivity index is 2.59. The predicted molar refractivity (Wildman–Crippen MR) is 76.3 cm³/mol. The number of aryl methyl sites for hydroxylation is 1. The van der Waals surface area contributed by atoms with E-state index in [1.54, 1.807) is 0 Å². The molecule has 0 aliphatic carbocycles. The molecule has 1 heteroatoms. The van der Waals surface area contributed by atoms with E-state index in [4.69, 9.17) is 0 Å². The number of hydrogen-bond donors (Lipinski definition) is 1. The van der Waals surface area contributed by atoms with Crippen molar-refractivity contribution in [2.75, 3.05) is 6.54 Å². The molecule has 1 unspecified atom stereocenters. The topological polar surface area (TPSA) is 12.0 Å². The molecule has 0 heterocycles. The lowest BCUT2D eigenvalue weighted by atomic mass is 9.99. The highest BCUT2D eigenvalue weighted by atomic mass is 14.9. The Kier molecular flexibility index (Phi) is 6.28. The van der Waals surface area contributed by atoms with Crippen LogP contribution in [-0.2, 0) is 0 Å². The van der Waals surface area contributed by atoms with Gasteiger partial charge >= 0.3 is 0 Å². The Bertz CT molecular complexity index is 315. The lowest BCUT2D eigenvalue weighted by Gasteiger charge is -2.21. The van der Waals surface area contributed by atoms with E-state index in [-0.39, 0.29) is 0 Å². The standard InChI is InChI=1S/C16H27N/c1-5-14(6-2)12-17-16(7-3)15-10-8-9-13(4)11-15/h8-11,14,16-17H,5-7,12H2,1-4H3. The summed E-state index contributed by atoms with van der Waals surface area (Å²) in [5, 5.41) is 3.71.